The van der Waals surface area contributed by atoms with Crippen LogP contribution in [0.25, 0.3) is 0 Å². The maximum absolute atomic E-state index is 10.9. The van der Waals surface area contributed by atoms with Gasteiger partial charge < -0.3 is 35.1 Å². The summed E-state index contributed by atoms with van der Waals surface area (Å²) in [4.78, 5) is 12.1. The van der Waals surface area contributed by atoms with Gasteiger partial charge in [0.25, 0.3) is 0 Å². The first kappa shape index (κ1) is 19.0. The second-order valence-corrected chi connectivity index (χ2v) is 4.77. The standard InChI is InChI=1S/C15H24N2O6/c1-17(15(19)20)11-12-3-2-4-13(16)14(12)23-10-9-22-8-7-21-6-5-18/h2-4,18H,5-11,16H2,1H3,(H,19,20). The van der Waals surface area contributed by atoms with E-state index >= 15 is 0 Å². The van der Waals surface area contributed by atoms with E-state index in [1.54, 1.807) is 18.2 Å². The van der Waals surface area contributed by atoms with Crippen LogP contribution in [0.15, 0.2) is 18.2 Å². The molecule has 0 bridgehead atoms. The van der Waals surface area contributed by atoms with Gasteiger partial charge in [-0.25, -0.2) is 4.79 Å². The third-order valence-electron chi connectivity index (χ3n) is 2.94. The van der Waals surface area contributed by atoms with Crippen LogP contribution >= 0.6 is 0 Å². The number of carbonyl (C=O) groups is 1. The van der Waals surface area contributed by atoms with Crippen molar-refractivity contribution in [1.29, 1.82) is 0 Å². The lowest BCUT2D eigenvalue weighted by molar-refractivity contribution is 0.0246. The molecule has 0 unspecified atom stereocenters. The molecule has 1 amide bonds. The zero-order valence-electron chi connectivity index (χ0n) is 13.2. The van der Waals surface area contributed by atoms with Gasteiger partial charge in [-0.05, 0) is 6.07 Å². The highest BCUT2D eigenvalue weighted by molar-refractivity contribution is 5.65. The number of para-hydroxylation sites is 1. The summed E-state index contributed by atoms with van der Waals surface area (Å²) in [7, 11) is 1.48. The first-order chi connectivity index (χ1) is 11.1. The molecule has 1 aromatic rings. The molecular weight excluding hydrogens is 304 g/mol. The number of nitrogens with zero attached hydrogens (tertiary/aromatic N) is 1. The lowest BCUT2D eigenvalue weighted by Crippen LogP contribution is -2.24. The van der Waals surface area contributed by atoms with Gasteiger partial charge >= 0.3 is 6.09 Å². The summed E-state index contributed by atoms with van der Waals surface area (Å²) in [6.07, 6.45) is -1.02. The van der Waals surface area contributed by atoms with E-state index in [1.807, 2.05) is 0 Å². The van der Waals surface area contributed by atoms with Crippen molar-refractivity contribution in [1.82, 2.24) is 4.90 Å². The Morgan fingerprint density at radius 2 is 1.83 bits per heavy atom. The molecule has 0 aliphatic heterocycles. The molecule has 0 atom stereocenters. The van der Waals surface area contributed by atoms with Gasteiger partial charge in [-0.1, -0.05) is 12.1 Å². The molecule has 8 nitrogen and oxygen atoms in total. The van der Waals surface area contributed by atoms with Crippen molar-refractivity contribution >= 4 is 11.8 Å². The fraction of sp³-hybridized carbons (Fsp3) is 0.533. The van der Waals surface area contributed by atoms with Crippen molar-refractivity contribution in [3.8, 4) is 5.75 Å². The van der Waals surface area contributed by atoms with E-state index in [9.17, 15) is 4.79 Å². The molecule has 0 aliphatic carbocycles. The Bertz CT molecular complexity index is 483. The van der Waals surface area contributed by atoms with Crippen LogP contribution in [0.2, 0.25) is 0 Å². The maximum Gasteiger partial charge on any atom is 0.407 e. The van der Waals surface area contributed by atoms with Gasteiger partial charge in [-0.15, -0.1) is 0 Å². The molecule has 1 rings (SSSR count). The molecule has 0 aromatic heterocycles. The van der Waals surface area contributed by atoms with Crippen LogP contribution in [0, 0.1) is 0 Å². The Hall–Kier alpha value is -2.03. The number of benzene rings is 1. The van der Waals surface area contributed by atoms with E-state index in [0.717, 1.165) is 4.90 Å². The van der Waals surface area contributed by atoms with Crippen LogP contribution < -0.4 is 10.5 Å². The van der Waals surface area contributed by atoms with Gasteiger partial charge in [0.05, 0.1) is 45.3 Å². The zero-order chi connectivity index (χ0) is 17.1. The molecule has 0 fully saturated rings. The quantitative estimate of drug-likeness (QED) is 0.406. The smallest absolute Gasteiger partial charge is 0.407 e. The Morgan fingerprint density at radius 1 is 1.17 bits per heavy atom. The molecule has 0 saturated heterocycles. The lowest BCUT2D eigenvalue weighted by atomic mass is 10.1. The second kappa shape index (κ2) is 10.7. The summed E-state index contributed by atoms with van der Waals surface area (Å²) in [5, 5.41) is 17.5. The Balaban J connectivity index is 2.42. The summed E-state index contributed by atoms with van der Waals surface area (Å²) >= 11 is 0. The average molecular weight is 328 g/mol. The Kier molecular flexibility index (Phi) is 8.81. The minimum atomic E-state index is -1.02. The van der Waals surface area contributed by atoms with E-state index in [1.165, 1.54) is 7.05 Å². The first-order valence-corrected chi connectivity index (χ1v) is 7.26. The van der Waals surface area contributed by atoms with Gasteiger partial charge in [0.1, 0.15) is 12.4 Å². The van der Waals surface area contributed by atoms with Crippen molar-refractivity contribution in [3.63, 3.8) is 0 Å². The molecule has 1 aromatic carbocycles. The lowest BCUT2D eigenvalue weighted by Gasteiger charge is -2.18. The van der Waals surface area contributed by atoms with Crippen LogP contribution in [-0.4, -0.2) is 67.9 Å². The molecule has 8 heteroatoms. The fourth-order valence-corrected chi connectivity index (χ4v) is 1.82. The fourth-order valence-electron chi connectivity index (χ4n) is 1.82. The molecule has 0 spiro atoms. The molecule has 130 valence electrons. The second-order valence-electron chi connectivity index (χ2n) is 4.77. The number of nitrogens with two attached hydrogens (primary N) is 1. The first-order valence-electron chi connectivity index (χ1n) is 7.26. The summed E-state index contributed by atoms with van der Waals surface area (Å²) in [6, 6.07) is 5.22. The number of anilines is 1. The molecule has 0 heterocycles. The molecule has 0 radical (unpaired) electrons. The minimum absolute atomic E-state index is 0.00996. The Labute approximate surface area is 135 Å². The van der Waals surface area contributed by atoms with Crippen LogP contribution in [0.4, 0.5) is 10.5 Å². The number of hydrogen-bond acceptors (Lipinski definition) is 6. The van der Waals surface area contributed by atoms with Crippen molar-refractivity contribution in [2.75, 3.05) is 52.4 Å². The van der Waals surface area contributed by atoms with Crippen LogP contribution in [0.3, 0.4) is 0 Å². The Morgan fingerprint density at radius 3 is 2.48 bits per heavy atom. The maximum atomic E-state index is 10.9. The van der Waals surface area contributed by atoms with E-state index in [2.05, 4.69) is 0 Å². The molecular formula is C15H24N2O6. The van der Waals surface area contributed by atoms with Crippen LogP contribution in [-0.2, 0) is 16.0 Å². The van der Waals surface area contributed by atoms with Gasteiger partial charge in [0.2, 0.25) is 0 Å². The summed E-state index contributed by atoms with van der Waals surface area (Å²) in [6.45, 7) is 1.92. The highest BCUT2D eigenvalue weighted by atomic mass is 16.5. The predicted molar refractivity (Wildman–Crippen MR) is 84.6 cm³/mol. The van der Waals surface area contributed by atoms with Crippen LogP contribution in [0.1, 0.15) is 5.56 Å². The van der Waals surface area contributed by atoms with Gasteiger partial charge in [-0.3, -0.25) is 0 Å². The van der Waals surface area contributed by atoms with Gasteiger partial charge in [-0.2, -0.15) is 0 Å². The molecule has 0 saturated carbocycles. The average Bonchev–Trinajstić information content (AvgIpc) is 2.52. The summed E-state index contributed by atoms with van der Waals surface area (Å²) in [5.41, 5.74) is 7.04. The number of carboxylic acid groups (broad SMARTS) is 1. The summed E-state index contributed by atoms with van der Waals surface area (Å²) < 4.78 is 16.0. The monoisotopic (exact) mass is 328 g/mol. The van der Waals surface area contributed by atoms with Crippen molar-refractivity contribution in [3.05, 3.63) is 23.8 Å². The zero-order valence-corrected chi connectivity index (χ0v) is 13.2. The number of ether oxygens (including phenoxy) is 3. The number of aliphatic hydroxyl groups is 1. The topological polar surface area (TPSA) is 114 Å². The van der Waals surface area contributed by atoms with Gasteiger partial charge in [0.15, 0.2) is 0 Å². The van der Waals surface area contributed by atoms with Crippen molar-refractivity contribution < 1.29 is 29.2 Å². The molecule has 4 N–H and O–H groups in total. The predicted octanol–water partition coefficient (Wildman–Crippen LogP) is 0.783. The molecule has 0 aliphatic rings. The van der Waals surface area contributed by atoms with E-state index < -0.39 is 6.09 Å². The number of nitrogen functional groups attached to an aromatic ring is 1. The van der Waals surface area contributed by atoms with E-state index in [0.29, 0.717) is 43.4 Å². The minimum Gasteiger partial charge on any atom is -0.489 e. The third-order valence-corrected chi connectivity index (χ3v) is 2.94. The van der Waals surface area contributed by atoms with E-state index in [-0.39, 0.29) is 19.8 Å². The SMILES string of the molecule is CN(Cc1cccc(N)c1OCCOCCOCCO)C(=O)O. The third kappa shape index (κ3) is 7.18. The van der Waals surface area contributed by atoms with Gasteiger partial charge in [0, 0.05) is 12.6 Å². The number of aliphatic hydroxyl groups excluding tert-OH is 1. The van der Waals surface area contributed by atoms with Crippen molar-refractivity contribution in [2.45, 2.75) is 6.54 Å². The molecule has 23 heavy (non-hydrogen) atoms. The summed E-state index contributed by atoms with van der Waals surface area (Å²) in [5.74, 6) is 0.473. The largest absolute Gasteiger partial charge is 0.489 e. The van der Waals surface area contributed by atoms with E-state index in [4.69, 9.17) is 30.2 Å². The number of amides is 1. The van der Waals surface area contributed by atoms with Crippen LogP contribution in [0.5, 0.6) is 5.75 Å². The number of rotatable bonds is 11. The highest BCUT2D eigenvalue weighted by Gasteiger charge is 2.12. The number of hydrogen-bond donors (Lipinski definition) is 3. The van der Waals surface area contributed by atoms with Crippen molar-refractivity contribution in [2.24, 2.45) is 0 Å². The normalized spacial score (nSPS) is 10.5. The highest BCUT2D eigenvalue weighted by Crippen LogP contribution is 2.27.